The van der Waals surface area contributed by atoms with Crippen molar-refractivity contribution in [2.24, 2.45) is 10.2 Å². The van der Waals surface area contributed by atoms with Gasteiger partial charge in [-0.3, -0.25) is 14.6 Å². The molecule has 0 bridgehead atoms. The minimum atomic E-state index is -0.0249. The Bertz CT molecular complexity index is 758. The number of carbonyl (C=O) groups is 1. The Morgan fingerprint density at radius 3 is 2.36 bits per heavy atom. The van der Waals surface area contributed by atoms with Crippen LogP contribution in [0.1, 0.15) is 0 Å². The predicted octanol–water partition coefficient (Wildman–Crippen LogP) is 3.30. The first-order valence-corrected chi connectivity index (χ1v) is 9.54. The maximum atomic E-state index is 12.2. The summed E-state index contributed by atoms with van der Waals surface area (Å²) in [5.41, 5.74) is 2.30. The van der Waals surface area contributed by atoms with E-state index in [4.69, 9.17) is 4.74 Å². The van der Waals surface area contributed by atoms with E-state index in [0.29, 0.717) is 6.54 Å². The molecule has 1 N–H and O–H groups in total. The van der Waals surface area contributed by atoms with E-state index in [1.54, 1.807) is 0 Å². The van der Waals surface area contributed by atoms with Crippen molar-refractivity contribution < 1.29 is 9.53 Å². The van der Waals surface area contributed by atoms with Gasteiger partial charge >= 0.3 is 0 Å². The smallest absolute Gasteiger partial charge is 0.238 e. The van der Waals surface area contributed by atoms with Gasteiger partial charge in [0.1, 0.15) is 0 Å². The first-order chi connectivity index (χ1) is 13.7. The molecular formula is C21H27N5O2. The molecule has 1 amide bonds. The Kier molecular flexibility index (Phi) is 7.66. The summed E-state index contributed by atoms with van der Waals surface area (Å²) in [7, 11) is 1.97. The molecule has 1 aliphatic heterocycles. The lowest BCUT2D eigenvalue weighted by atomic mass is 10.3. The van der Waals surface area contributed by atoms with Gasteiger partial charge in [-0.25, -0.2) is 0 Å². The van der Waals surface area contributed by atoms with Crippen LogP contribution < -0.4 is 5.32 Å². The number of nitrogens with zero attached hydrogens (tertiary/aromatic N) is 4. The van der Waals surface area contributed by atoms with Crippen LogP contribution in [0.5, 0.6) is 0 Å². The molecule has 3 rings (SSSR count). The van der Waals surface area contributed by atoms with Crippen LogP contribution in [0.2, 0.25) is 0 Å². The quantitative estimate of drug-likeness (QED) is 0.713. The maximum absolute atomic E-state index is 12.2. The summed E-state index contributed by atoms with van der Waals surface area (Å²) < 4.78 is 5.35. The van der Waals surface area contributed by atoms with Crippen molar-refractivity contribution in [3.05, 3.63) is 54.6 Å². The molecular weight excluding hydrogens is 354 g/mol. The Morgan fingerprint density at radius 1 is 1.04 bits per heavy atom. The topological polar surface area (TPSA) is 69.5 Å². The minimum Gasteiger partial charge on any atom is -0.379 e. The average molecular weight is 381 g/mol. The van der Waals surface area contributed by atoms with Crippen LogP contribution in [0.25, 0.3) is 0 Å². The van der Waals surface area contributed by atoms with Gasteiger partial charge in [0.05, 0.1) is 31.1 Å². The van der Waals surface area contributed by atoms with Crippen molar-refractivity contribution in [2.75, 3.05) is 58.3 Å². The zero-order valence-corrected chi connectivity index (χ0v) is 16.3. The van der Waals surface area contributed by atoms with Gasteiger partial charge in [0.25, 0.3) is 0 Å². The minimum absolute atomic E-state index is 0.0249. The van der Waals surface area contributed by atoms with Crippen molar-refractivity contribution in [3.8, 4) is 0 Å². The first-order valence-electron chi connectivity index (χ1n) is 9.54. The fraction of sp³-hybridized carbons (Fsp3) is 0.381. The highest BCUT2D eigenvalue weighted by Crippen LogP contribution is 2.20. The third-order valence-corrected chi connectivity index (χ3v) is 4.50. The van der Waals surface area contributed by atoms with Crippen molar-refractivity contribution in [1.29, 1.82) is 0 Å². The fourth-order valence-corrected chi connectivity index (χ4v) is 2.88. The number of nitrogens with one attached hydrogen (secondary N) is 1. The molecule has 0 aliphatic carbocycles. The number of amides is 1. The molecule has 148 valence electrons. The van der Waals surface area contributed by atoms with Crippen molar-refractivity contribution in [2.45, 2.75) is 0 Å². The van der Waals surface area contributed by atoms with E-state index < -0.39 is 0 Å². The van der Waals surface area contributed by atoms with Gasteiger partial charge in [0.2, 0.25) is 5.91 Å². The average Bonchev–Trinajstić information content (AvgIpc) is 2.73. The number of anilines is 1. The molecule has 1 saturated heterocycles. The molecule has 2 aromatic rings. The van der Waals surface area contributed by atoms with Gasteiger partial charge < -0.3 is 10.1 Å². The van der Waals surface area contributed by atoms with Crippen LogP contribution in [-0.2, 0) is 9.53 Å². The lowest BCUT2D eigenvalue weighted by Crippen LogP contribution is -2.42. The lowest BCUT2D eigenvalue weighted by Gasteiger charge is -2.28. The summed E-state index contributed by atoms with van der Waals surface area (Å²) in [5.74, 6) is -0.0249. The Labute approximate surface area is 166 Å². The monoisotopic (exact) mass is 381 g/mol. The molecule has 0 atom stereocenters. The molecule has 2 aromatic carbocycles. The zero-order chi connectivity index (χ0) is 19.6. The van der Waals surface area contributed by atoms with Crippen LogP contribution in [-0.4, -0.2) is 68.7 Å². The van der Waals surface area contributed by atoms with E-state index in [-0.39, 0.29) is 5.91 Å². The van der Waals surface area contributed by atoms with E-state index in [1.165, 1.54) is 0 Å². The fourth-order valence-electron chi connectivity index (χ4n) is 2.88. The summed E-state index contributed by atoms with van der Waals surface area (Å²) >= 11 is 0. The van der Waals surface area contributed by atoms with Gasteiger partial charge in [-0.1, -0.05) is 18.2 Å². The molecule has 1 heterocycles. The number of benzene rings is 2. The van der Waals surface area contributed by atoms with E-state index >= 15 is 0 Å². The molecule has 0 aromatic heterocycles. The Balaban J connectivity index is 1.41. The van der Waals surface area contributed by atoms with Gasteiger partial charge in [0.15, 0.2) is 0 Å². The van der Waals surface area contributed by atoms with Crippen LogP contribution in [0.15, 0.2) is 64.8 Å². The summed E-state index contributed by atoms with van der Waals surface area (Å²) in [4.78, 5) is 16.6. The largest absolute Gasteiger partial charge is 0.379 e. The van der Waals surface area contributed by atoms with Crippen molar-refractivity contribution >= 4 is 23.0 Å². The molecule has 7 heteroatoms. The van der Waals surface area contributed by atoms with Gasteiger partial charge in [0, 0.05) is 31.9 Å². The summed E-state index contributed by atoms with van der Waals surface area (Å²) in [5, 5.41) is 11.3. The standard InChI is InChI=1S/C21H27N5O2/c1-25(11-12-26-13-15-28-16-14-26)17-21(27)22-18-7-9-20(10-8-18)24-23-19-5-3-2-4-6-19/h2-10H,11-17H2,1H3,(H,22,27). The SMILES string of the molecule is CN(CCN1CCOCC1)CC(=O)Nc1ccc(N=Nc2ccccc2)cc1. The number of carbonyl (C=O) groups excluding carboxylic acids is 1. The second kappa shape index (κ2) is 10.7. The number of hydrogen-bond acceptors (Lipinski definition) is 6. The third kappa shape index (κ3) is 6.84. The number of hydrogen-bond donors (Lipinski definition) is 1. The molecule has 1 aliphatic rings. The highest BCUT2D eigenvalue weighted by molar-refractivity contribution is 5.92. The first kappa shape index (κ1) is 20.1. The van der Waals surface area contributed by atoms with E-state index in [0.717, 1.165) is 56.5 Å². The summed E-state index contributed by atoms with van der Waals surface area (Å²) in [6.45, 7) is 5.69. The van der Waals surface area contributed by atoms with E-state index in [1.807, 2.05) is 66.5 Å². The van der Waals surface area contributed by atoms with Crippen LogP contribution >= 0.6 is 0 Å². The number of morpholine rings is 1. The Hall–Kier alpha value is -2.61. The highest BCUT2D eigenvalue weighted by atomic mass is 16.5. The van der Waals surface area contributed by atoms with Crippen molar-refractivity contribution in [1.82, 2.24) is 9.80 Å². The Morgan fingerprint density at radius 2 is 1.68 bits per heavy atom. The molecule has 1 fully saturated rings. The molecule has 28 heavy (non-hydrogen) atoms. The molecule has 0 spiro atoms. The van der Waals surface area contributed by atoms with Gasteiger partial charge in [-0.2, -0.15) is 10.2 Å². The molecule has 0 radical (unpaired) electrons. The molecule has 0 unspecified atom stereocenters. The van der Waals surface area contributed by atoms with E-state index in [2.05, 4.69) is 20.4 Å². The molecule has 0 saturated carbocycles. The summed E-state index contributed by atoms with van der Waals surface area (Å²) in [6, 6.07) is 16.9. The number of azo groups is 1. The maximum Gasteiger partial charge on any atom is 0.238 e. The summed E-state index contributed by atoms with van der Waals surface area (Å²) in [6.07, 6.45) is 0. The van der Waals surface area contributed by atoms with E-state index in [9.17, 15) is 4.79 Å². The second-order valence-electron chi connectivity index (χ2n) is 6.82. The predicted molar refractivity (Wildman–Crippen MR) is 110 cm³/mol. The normalized spacial score (nSPS) is 15.2. The number of ether oxygens (including phenoxy) is 1. The number of likely N-dealkylation sites (N-methyl/N-ethyl adjacent to an activating group) is 1. The van der Waals surface area contributed by atoms with Gasteiger partial charge in [-0.15, -0.1) is 0 Å². The third-order valence-electron chi connectivity index (χ3n) is 4.50. The van der Waals surface area contributed by atoms with Crippen LogP contribution in [0, 0.1) is 0 Å². The zero-order valence-electron chi connectivity index (χ0n) is 16.3. The van der Waals surface area contributed by atoms with Crippen LogP contribution in [0.4, 0.5) is 17.1 Å². The number of rotatable bonds is 8. The molecule has 7 nitrogen and oxygen atoms in total. The van der Waals surface area contributed by atoms with Gasteiger partial charge in [-0.05, 0) is 43.4 Å². The van der Waals surface area contributed by atoms with Crippen LogP contribution in [0.3, 0.4) is 0 Å². The highest BCUT2D eigenvalue weighted by Gasteiger charge is 2.12. The second-order valence-corrected chi connectivity index (χ2v) is 6.82. The van der Waals surface area contributed by atoms with Crippen molar-refractivity contribution in [3.63, 3.8) is 0 Å². The lowest BCUT2D eigenvalue weighted by molar-refractivity contribution is -0.117.